The van der Waals surface area contributed by atoms with Crippen molar-refractivity contribution in [3.8, 4) is 6.07 Å². The molecule has 0 bridgehead atoms. The number of para-hydroxylation sites is 1. The molecule has 2 aliphatic heterocycles. The van der Waals surface area contributed by atoms with E-state index in [1.807, 2.05) is 17.8 Å². The van der Waals surface area contributed by atoms with Gasteiger partial charge in [0.2, 0.25) is 0 Å². The summed E-state index contributed by atoms with van der Waals surface area (Å²) in [6.07, 6.45) is 0. The molecule has 4 heteroatoms. The van der Waals surface area contributed by atoms with Crippen LogP contribution in [0.25, 0.3) is 0 Å². The van der Waals surface area contributed by atoms with Gasteiger partial charge in [-0.25, -0.2) is 4.99 Å². The zero-order valence-electron chi connectivity index (χ0n) is 12.2. The normalized spacial score (nSPS) is 32.0. The molecule has 1 saturated heterocycles. The van der Waals surface area contributed by atoms with Gasteiger partial charge < -0.3 is 0 Å². The second-order valence-electron chi connectivity index (χ2n) is 6.64. The summed E-state index contributed by atoms with van der Waals surface area (Å²) in [5.41, 5.74) is 1.92. The van der Waals surface area contributed by atoms with E-state index >= 15 is 0 Å². The van der Waals surface area contributed by atoms with Crippen molar-refractivity contribution < 1.29 is 0 Å². The van der Waals surface area contributed by atoms with Gasteiger partial charge in [-0.3, -0.25) is 0 Å². The molecule has 2 unspecified atom stereocenters. The summed E-state index contributed by atoms with van der Waals surface area (Å²) in [6.45, 7) is 8.65. The van der Waals surface area contributed by atoms with Crippen molar-refractivity contribution in [1.82, 2.24) is 0 Å². The van der Waals surface area contributed by atoms with Gasteiger partial charge >= 0.3 is 0 Å². The number of fused-ring (bicyclic) bond motifs is 2. The highest BCUT2D eigenvalue weighted by Crippen LogP contribution is 2.71. The molecule has 104 valence electrons. The van der Waals surface area contributed by atoms with Crippen molar-refractivity contribution >= 4 is 34.3 Å². The molecule has 1 spiro atoms. The lowest BCUT2D eigenvalue weighted by atomic mass is 9.83. The number of thioether (sulfide) groups is 2. The molecule has 1 aromatic rings. The first-order chi connectivity index (χ1) is 9.32. The molecule has 0 radical (unpaired) electrons. The summed E-state index contributed by atoms with van der Waals surface area (Å²) in [4.78, 5) is 4.85. The molecule has 20 heavy (non-hydrogen) atoms. The Morgan fingerprint density at radius 1 is 1.30 bits per heavy atom. The zero-order chi connectivity index (χ0) is 14.6. The van der Waals surface area contributed by atoms with Crippen LogP contribution in [0.1, 0.15) is 33.3 Å². The van der Waals surface area contributed by atoms with E-state index < -0.39 is 0 Å². The highest BCUT2D eigenvalue weighted by molar-refractivity contribution is 8.26. The molecule has 0 N–H and O–H groups in total. The first-order valence-corrected chi connectivity index (χ1v) is 8.55. The van der Waals surface area contributed by atoms with E-state index in [-0.39, 0.29) is 14.9 Å². The van der Waals surface area contributed by atoms with Crippen LogP contribution >= 0.6 is 23.5 Å². The molecule has 2 aliphatic rings. The third kappa shape index (κ3) is 1.76. The minimum Gasteiger partial charge on any atom is -0.246 e. The Balaban J connectivity index is 2.20. The van der Waals surface area contributed by atoms with Crippen LogP contribution < -0.4 is 0 Å². The average molecular weight is 302 g/mol. The van der Waals surface area contributed by atoms with Crippen molar-refractivity contribution in [2.24, 2.45) is 15.8 Å². The van der Waals surface area contributed by atoms with E-state index in [2.05, 4.69) is 52.0 Å². The Bertz CT molecular complexity index is 639. The topological polar surface area (TPSA) is 36.1 Å². The van der Waals surface area contributed by atoms with Gasteiger partial charge in [-0.1, -0.05) is 50.7 Å². The van der Waals surface area contributed by atoms with Crippen LogP contribution in [0.4, 0.5) is 5.69 Å². The van der Waals surface area contributed by atoms with Crippen molar-refractivity contribution in [3.05, 3.63) is 29.8 Å². The fraction of sp³-hybridized carbons (Fsp3) is 0.500. The van der Waals surface area contributed by atoms with Crippen LogP contribution in [-0.2, 0) is 4.08 Å². The van der Waals surface area contributed by atoms with Crippen molar-refractivity contribution in [3.63, 3.8) is 0 Å². The average Bonchev–Trinajstić information content (AvgIpc) is 2.42. The lowest BCUT2D eigenvalue weighted by Gasteiger charge is -2.55. The van der Waals surface area contributed by atoms with Crippen LogP contribution in [-0.4, -0.2) is 10.8 Å². The number of nitriles is 1. The second kappa shape index (κ2) is 4.29. The molecule has 1 aromatic carbocycles. The highest BCUT2D eigenvalue weighted by Gasteiger charge is 2.62. The van der Waals surface area contributed by atoms with Crippen LogP contribution in [0.2, 0.25) is 0 Å². The minimum atomic E-state index is -0.328. The first-order valence-electron chi connectivity index (χ1n) is 6.75. The quantitative estimate of drug-likeness (QED) is 0.681. The monoisotopic (exact) mass is 302 g/mol. The van der Waals surface area contributed by atoms with E-state index in [1.54, 1.807) is 11.8 Å². The molecule has 2 atom stereocenters. The maximum atomic E-state index is 9.66. The molecule has 3 rings (SSSR count). The number of rotatable bonds is 0. The minimum absolute atomic E-state index is 0.0116. The molecule has 0 aromatic heterocycles. The predicted octanol–water partition coefficient (Wildman–Crippen LogP) is 4.94. The maximum Gasteiger partial charge on any atom is 0.113 e. The largest absolute Gasteiger partial charge is 0.246 e. The summed E-state index contributed by atoms with van der Waals surface area (Å²) in [5.74, 6) is 0.891. The SMILES string of the molecule is CC(C)(C)C1=Nc2ccccc2C2(SCC2(C)C#N)S1. The molecular formula is C16H18N2S2. The van der Waals surface area contributed by atoms with E-state index in [0.29, 0.717) is 0 Å². The van der Waals surface area contributed by atoms with Crippen molar-refractivity contribution in [2.75, 3.05) is 5.75 Å². The van der Waals surface area contributed by atoms with E-state index in [9.17, 15) is 5.26 Å². The van der Waals surface area contributed by atoms with Gasteiger partial charge in [-0.05, 0) is 13.0 Å². The van der Waals surface area contributed by atoms with Crippen molar-refractivity contribution in [2.45, 2.75) is 31.8 Å². The number of benzene rings is 1. The number of hydrogen-bond donors (Lipinski definition) is 0. The lowest BCUT2D eigenvalue weighted by molar-refractivity contribution is 0.420. The number of nitrogens with zero attached hydrogens (tertiary/aromatic N) is 2. The van der Waals surface area contributed by atoms with Gasteiger partial charge in [0, 0.05) is 16.7 Å². The van der Waals surface area contributed by atoms with Crippen LogP contribution in [0.3, 0.4) is 0 Å². The molecule has 0 aliphatic carbocycles. The van der Waals surface area contributed by atoms with Gasteiger partial charge in [-0.15, -0.1) is 11.8 Å². The predicted molar refractivity (Wildman–Crippen MR) is 88.4 cm³/mol. The lowest BCUT2D eigenvalue weighted by Crippen LogP contribution is -2.51. The first kappa shape index (κ1) is 14.0. The standard InChI is InChI=1S/C16H18N2S2/c1-14(2,3)13-18-12-8-6-5-7-11(12)16(20-13)15(4,9-17)10-19-16/h5-8H,10H2,1-4H3. The molecule has 0 saturated carbocycles. The summed E-state index contributed by atoms with van der Waals surface area (Å²) >= 11 is 3.67. The fourth-order valence-electron chi connectivity index (χ4n) is 2.54. The molecule has 2 nitrogen and oxygen atoms in total. The third-order valence-electron chi connectivity index (χ3n) is 3.90. The van der Waals surface area contributed by atoms with Gasteiger partial charge in [0.25, 0.3) is 0 Å². The Morgan fingerprint density at radius 3 is 2.55 bits per heavy atom. The fourth-order valence-corrected chi connectivity index (χ4v) is 5.92. The number of aliphatic imine (C=N–C) groups is 1. The molecule has 1 fully saturated rings. The van der Waals surface area contributed by atoms with E-state index in [4.69, 9.17) is 4.99 Å². The van der Waals surface area contributed by atoms with Crippen molar-refractivity contribution in [1.29, 1.82) is 5.26 Å². The number of hydrogen-bond acceptors (Lipinski definition) is 4. The Kier molecular flexibility index (Phi) is 3.01. The zero-order valence-corrected chi connectivity index (χ0v) is 13.9. The van der Waals surface area contributed by atoms with Gasteiger partial charge in [0.15, 0.2) is 0 Å². The summed E-state index contributed by atoms with van der Waals surface area (Å²) in [5, 5.41) is 10.8. The summed E-state index contributed by atoms with van der Waals surface area (Å²) in [7, 11) is 0. The summed E-state index contributed by atoms with van der Waals surface area (Å²) in [6, 6.07) is 10.8. The Hall–Kier alpha value is -0.920. The second-order valence-corrected chi connectivity index (χ2v) is 9.29. The van der Waals surface area contributed by atoms with Crippen LogP contribution in [0, 0.1) is 22.2 Å². The Labute approximate surface area is 129 Å². The van der Waals surface area contributed by atoms with Gasteiger partial charge in [0.05, 0.1) is 22.2 Å². The third-order valence-corrected chi connectivity index (χ3v) is 8.16. The smallest absolute Gasteiger partial charge is 0.113 e. The van der Waals surface area contributed by atoms with E-state index in [1.165, 1.54) is 5.56 Å². The Morgan fingerprint density at radius 2 is 2.00 bits per heavy atom. The van der Waals surface area contributed by atoms with E-state index in [0.717, 1.165) is 16.5 Å². The summed E-state index contributed by atoms with van der Waals surface area (Å²) < 4.78 is -0.192. The molecular weight excluding hydrogens is 284 g/mol. The highest BCUT2D eigenvalue weighted by atomic mass is 32.2. The van der Waals surface area contributed by atoms with Gasteiger partial charge in [-0.2, -0.15) is 5.26 Å². The van der Waals surface area contributed by atoms with Crippen LogP contribution in [0.15, 0.2) is 29.3 Å². The van der Waals surface area contributed by atoms with Crippen LogP contribution in [0.5, 0.6) is 0 Å². The van der Waals surface area contributed by atoms with Gasteiger partial charge in [0.1, 0.15) is 4.08 Å². The molecule has 2 heterocycles. The molecule has 0 amide bonds. The maximum absolute atomic E-state index is 9.66.